The molecule has 0 aliphatic heterocycles. The molecule has 0 unspecified atom stereocenters. The minimum absolute atomic E-state index is 0.416. The number of benzene rings is 1. The summed E-state index contributed by atoms with van der Waals surface area (Å²) in [6.07, 6.45) is -0.416. The molecule has 0 radical (unpaired) electrons. The van der Waals surface area contributed by atoms with Gasteiger partial charge in [-0.05, 0) is 71.7 Å². The predicted molar refractivity (Wildman–Crippen MR) is 89.3 cm³/mol. The molecule has 0 fully saturated rings. The van der Waals surface area contributed by atoms with Crippen LogP contribution in [0, 0.1) is 13.8 Å². The monoisotopic (exact) mass is 292 g/mol. The summed E-state index contributed by atoms with van der Waals surface area (Å²) < 4.78 is 5.30. The van der Waals surface area contributed by atoms with Gasteiger partial charge in [0, 0.05) is 24.5 Å². The maximum atomic E-state index is 11.9. The van der Waals surface area contributed by atoms with Crippen molar-refractivity contribution in [2.24, 2.45) is 0 Å². The van der Waals surface area contributed by atoms with E-state index in [0.29, 0.717) is 0 Å². The largest absolute Gasteiger partial charge is 0.444 e. The van der Waals surface area contributed by atoms with E-state index in [1.807, 2.05) is 33.8 Å². The summed E-state index contributed by atoms with van der Waals surface area (Å²) in [7, 11) is 0. The molecule has 21 heavy (non-hydrogen) atoms. The fraction of sp³-hybridized carbons (Fsp3) is 0.588. The van der Waals surface area contributed by atoms with Crippen molar-refractivity contribution in [3.8, 4) is 0 Å². The zero-order valence-corrected chi connectivity index (χ0v) is 14.3. The van der Waals surface area contributed by atoms with Crippen LogP contribution in [0.2, 0.25) is 0 Å². The van der Waals surface area contributed by atoms with E-state index in [2.05, 4.69) is 37.1 Å². The van der Waals surface area contributed by atoms with Gasteiger partial charge in [-0.3, -0.25) is 5.32 Å². The molecule has 0 aromatic heterocycles. The van der Waals surface area contributed by atoms with E-state index in [1.165, 1.54) is 5.69 Å². The standard InChI is InChI=1S/C17H28N2O2/c1-8-19(9-2)15-11-12(3)14(10-13(15)4)18-16(20)21-17(5,6)7/h10-11H,8-9H2,1-7H3,(H,18,20). The fourth-order valence-corrected chi connectivity index (χ4v) is 2.25. The third kappa shape index (κ3) is 4.96. The van der Waals surface area contributed by atoms with Crippen LogP contribution >= 0.6 is 0 Å². The number of ether oxygens (including phenoxy) is 1. The molecule has 0 atom stereocenters. The van der Waals surface area contributed by atoms with Gasteiger partial charge in [0.05, 0.1) is 0 Å². The second-order valence-electron chi connectivity index (χ2n) is 6.25. The zero-order valence-electron chi connectivity index (χ0n) is 14.3. The van der Waals surface area contributed by atoms with Crippen molar-refractivity contribution in [1.82, 2.24) is 0 Å². The van der Waals surface area contributed by atoms with Crippen molar-refractivity contribution in [2.75, 3.05) is 23.3 Å². The molecule has 1 N–H and O–H groups in total. The predicted octanol–water partition coefficient (Wildman–Crippen LogP) is 4.50. The molecule has 0 bridgehead atoms. The lowest BCUT2D eigenvalue weighted by Crippen LogP contribution is -2.27. The molecule has 0 heterocycles. The number of hydrogen-bond donors (Lipinski definition) is 1. The topological polar surface area (TPSA) is 41.6 Å². The molecule has 1 amide bonds. The highest BCUT2D eigenvalue weighted by Crippen LogP contribution is 2.27. The number of rotatable bonds is 4. The van der Waals surface area contributed by atoms with Gasteiger partial charge in [0.1, 0.15) is 5.60 Å². The highest BCUT2D eigenvalue weighted by molar-refractivity contribution is 5.86. The first-order chi connectivity index (χ1) is 9.67. The van der Waals surface area contributed by atoms with Crippen LogP contribution in [0.15, 0.2) is 12.1 Å². The van der Waals surface area contributed by atoms with Gasteiger partial charge in [0.15, 0.2) is 0 Å². The van der Waals surface area contributed by atoms with E-state index in [9.17, 15) is 4.79 Å². The Kier molecular flexibility index (Phi) is 5.64. The van der Waals surface area contributed by atoms with Gasteiger partial charge in [0.25, 0.3) is 0 Å². The lowest BCUT2D eigenvalue weighted by Gasteiger charge is -2.25. The lowest BCUT2D eigenvalue weighted by atomic mass is 10.1. The molecule has 1 aromatic rings. The molecular formula is C17H28N2O2. The van der Waals surface area contributed by atoms with Crippen molar-refractivity contribution >= 4 is 17.5 Å². The summed E-state index contributed by atoms with van der Waals surface area (Å²) >= 11 is 0. The Morgan fingerprint density at radius 2 is 1.71 bits per heavy atom. The van der Waals surface area contributed by atoms with Crippen LogP contribution in [0.4, 0.5) is 16.2 Å². The van der Waals surface area contributed by atoms with Crippen LogP contribution < -0.4 is 10.2 Å². The molecule has 0 aliphatic rings. The molecule has 0 saturated carbocycles. The Hall–Kier alpha value is -1.71. The maximum Gasteiger partial charge on any atom is 0.412 e. The van der Waals surface area contributed by atoms with Gasteiger partial charge < -0.3 is 9.64 Å². The molecule has 118 valence electrons. The average molecular weight is 292 g/mol. The lowest BCUT2D eigenvalue weighted by molar-refractivity contribution is 0.0636. The first-order valence-electron chi connectivity index (χ1n) is 7.54. The summed E-state index contributed by atoms with van der Waals surface area (Å²) in [5, 5.41) is 2.83. The molecule has 4 nitrogen and oxygen atoms in total. The Bertz CT molecular complexity index is 500. The normalized spacial score (nSPS) is 11.2. The highest BCUT2D eigenvalue weighted by atomic mass is 16.6. The summed E-state index contributed by atoms with van der Waals surface area (Å²) in [6, 6.07) is 4.13. The first-order valence-corrected chi connectivity index (χ1v) is 7.54. The maximum absolute atomic E-state index is 11.9. The van der Waals surface area contributed by atoms with Crippen molar-refractivity contribution in [3.63, 3.8) is 0 Å². The Balaban J connectivity index is 2.96. The minimum Gasteiger partial charge on any atom is -0.444 e. The Labute approximate surface area is 128 Å². The van der Waals surface area contributed by atoms with E-state index >= 15 is 0 Å². The van der Waals surface area contributed by atoms with E-state index in [1.54, 1.807) is 0 Å². The smallest absolute Gasteiger partial charge is 0.412 e. The second kappa shape index (κ2) is 6.83. The van der Waals surface area contributed by atoms with Crippen LogP contribution in [-0.4, -0.2) is 24.8 Å². The molecule has 4 heteroatoms. The second-order valence-corrected chi connectivity index (χ2v) is 6.25. The third-order valence-corrected chi connectivity index (χ3v) is 3.28. The van der Waals surface area contributed by atoms with Crippen molar-refractivity contribution in [2.45, 2.75) is 54.1 Å². The molecular weight excluding hydrogens is 264 g/mol. The molecule has 1 aromatic carbocycles. The van der Waals surface area contributed by atoms with Crippen LogP contribution in [0.5, 0.6) is 0 Å². The van der Waals surface area contributed by atoms with E-state index in [4.69, 9.17) is 4.74 Å². The number of amides is 1. The number of nitrogens with one attached hydrogen (secondary N) is 1. The highest BCUT2D eigenvalue weighted by Gasteiger charge is 2.17. The number of aryl methyl sites for hydroxylation is 2. The van der Waals surface area contributed by atoms with Gasteiger partial charge in [0.2, 0.25) is 0 Å². The quantitative estimate of drug-likeness (QED) is 0.888. The fourth-order valence-electron chi connectivity index (χ4n) is 2.25. The summed E-state index contributed by atoms with van der Waals surface area (Å²) in [4.78, 5) is 14.2. The van der Waals surface area contributed by atoms with Crippen LogP contribution in [0.1, 0.15) is 45.7 Å². The third-order valence-electron chi connectivity index (χ3n) is 3.28. The van der Waals surface area contributed by atoms with Crippen LogP contribution in [0.25, 0.3) is 0 Å². The summed E-state index contributed by atoms with van der Waals surface area (Å²) in [6.45, 7) is 15.9. The van der Waals surface area contributed by atoms with Crippen molar-refractivity contribution in [3.05, 3.63) is 23.3 Å². The average Bonchev–Trinajstić information content (AvgIpc) is 2.34. The van der Waals surface area contributed by atoms with E-state index in [-0.39, 0.29) is 0 Å². The number of anilines is 2. The number of nitrogens with zero attached hydrogens (tertiary/aromatic N) is 1. The first kappa shape index (κ1) is 17.3. The summed E-state index contributed by atoms with van der Waals surface area (Å²) in [5.74, 6) is 0. The Morgan fingerprint density at radius 3 is 2.19 bits per heavy atom. The minimum atomic E-state index is -0.492. The number of hydrogen-bond acceptors (Lipinski definition) is 3. The summed E-state index contributed by atoms with van der Waals surface area (Å²) in [5.41, 5.74) is 3.71. The number of carbonyl (C=O) groups excluding carboxylic acids is 1. The molecule has 0 saturated heterocycles. The van der Waals surface area contributed by atoms with Gasteiger partial charge in [-0.1, -0.05) is 0 Å². The van der Waals surface area contributed by atoms with Gasteiger partial charge >= 0.3 is 6.09 Å². The zero-order chi connectivity index (χ0) is 16.2. The van der Waals surface area contributed by atoms with Gasteiger partial charge in [-0.15, -0.1) is 0 Å². The van der Waals surface area contributed by atoms with Crippen molar-refractivity contribution < 1.29 is 9.53 Å². The molecule has 1 rings (SSSR count). The van der Waals surface area contributed by atoms with E-state index in [0.717, 1.165) is 29.9 Å². The van der Waals surface area contributed by atoms with Crippen molar-refractivity contribution in [1.29, 1.82) is 0 Å². The van der Waals surface area contributed by atoms with Gasteiger partial charge in [-0.25, -0.2) is 4.79 Å². The van der Waals surface area contributed by atoms with Gasteiger partial charge in [-0.2, -0.15) is 0 Å². The van der Waals surface area contributed by atoms with Crippen LogP contribution in [-0.2, 0) is 4.74 Å². The molecule has 0 spiro atoms. The van der Waals surface area contributed by atoms with Crippen LogP contribution in [0.3, 0.4) is 0 Å². The number of carbonyl (C=O) groups is 1. The van der Waals surface area contributed by atoms with E-state index < -0.39 is 11.7 Å². The Morgan fingerprint density at radius 1 is 1.14 bits per heavy atom. The SMILES string of the molecule is CCN(CC)c1cc(C)c(NC(=O)OC(C)(C)C)cc1C. The molecule has 0 aliphatic carbocycles.